The minimum atomic E-state index is 0.0400. The van der Waals surface area contributed by atoms with Gasteiger partial charge in [-0.25, -0.2) is 0 Å². The van der Waals surface area contributed by atoms with Gasteiger partial charge in [0.15, 0.2) is 5.96 Å². The van der Waals surface area contributed by atoms with E-state index in [0.717, 1.165) is 44.9 Å². The van der Waals surface area contributed by atoms with E-state index in [9.17, 15) is 0 Å². The first kappa shape index (κ1) is 19.9. The summed E-state index contributed by atoms with van der Waals surface area (Å²) in [5.41, 5.74) is 2.76. The Morgan fingerprint density at radius 3 is 2.38 bits per heavy atom. The van der Waals surface area contributed by atoms with Crippen molar-refractivity contribution in [2.75, 3.05) is 20.1 Å². The van der Waals surface area contributed by atoms with Crippen molar-refractivity contribution in [3.8, 4) is 0 Å². The van der Waals surface area contributed by atoms with Crippen LogP contribution in [0.1, 0.15) is 44.7 Å². The molecule has 0 amide bonds. The molecule has 0 atom stereocenters. The van der Waals surface area contributed by atoms with Crippen molar-refractivity contribution in [1.29, 1.82) is 0 Å². The molecule has 2 N–H and O–H groups in total. The van der Waals surface area contributed by atoms with Crippen LogP contribution < -0.4 is 10.6 Å². The standard InChI is InChI=1S/C20H32N6/c1-5-17-8-10-18(11-9-17)20(2,3)14-23-19(21-4)22-12-6-7-13-26-15-24-25-16-26/h8-11,15-16H,5-7,12-14H2,1-4H3,(H2,21,22,23). The van der Waals surface area contributed by atoms with E-state index >= 15 is 0 Å². The SMILES string of the molecule is CCc1ccc(C(C)(C)CNC(=NC)NCCCCn2cnnc2)cc1. The summed E-state index contributed by atoms with van der Waals surface area (Å²) in [6.45, 7) is 9.37. The number of guanidine groups is 1. The number of benzene rings is 1. The highest BCUT2D eigenvalue weighted by Crippen LogP contribution is 2.22. The summed E-state index contributed by atoms with van der Waals surface area (Å²) in [5, 5.41) is 14.5. The van der Waals surface area contributed by atoms with E-state index in [-0.39, 0.29) is 5.41 Å². The molecule has 0 aliphatic carbocycles. The second-order valence-corrected chi connectivity index (χ2v) is 7.19. The highest BCUT2D eigenvalue weighted by Gasteiger charge is 2.20. The number of aliphatic imine (C=N–C) groups is 1. The summed E-state index contributed by atoms with van der Waals surface area (Å²) < 4.78 is 2.00. The van der Waals surface area contributed by atoms with Gasteiger partial charge in [0, 0.05) is 32.1 Å². The van der Waals surface area contributed by atoms with Crippen molar-refractivity contribution in [2.45, 2.75) is 52.0 Å². The molecule has 0 saturated carbocycles. The molecule has 142 valence electrons. The average Bonchev–Trinajstić information content (AvgIpc) is 3.17. The van der Waals surface area contributed by atoms with E-state index in [1.54, 1.807) is 12.7 Å². The zero-order valence-corrected chi connectivity index (χ0v) is 16.5. The summed E-state index contributed by atoms with van der Waals surface area (Å²) in [6, 6.07) is 8.92. The number of rotatable bonds is 9. The fourth-order valence-corrected chi connectivity index (χ4v) is 2.78. The zero-order valence-electron chi connectivity index (χ0n) is 16.5. The lowest BCUT2D eigenvalue weighted by molar-refractivity contribution is 0.507. The average molecular weight is 357 g/mol. The van der Waals surface area contributed by atoms with Crippen molar-refractivity contribution >= 4 is 5.96 Å². The largest absolute Gasteiger partial charge is 0.356 e. The van der Waals surface area contributed by atoms with Crippen LogP contribution in [0.2, 0.25) is 0 Å². The van der Waals surface area contributed by atoms with Crippen LogP contribution in [0.4, 0.5) is 0 Å². The summed E-state index contributed by atoms with van der Waals surface area (Å²) in [7, 11) is 1.82. The van der Waals surface area contributed by atoms with Crippen LogP contribution >= 0.6 is 0 Å². The first-order valence-corrected chi connectivity index (χ1v) is 9.41. The number of hydrogen-bond acceptors (Lipinski definition) is 3. The molecule has 1 heterocycles. The maximum atomic E-state index is 4.33. The second kappa shape index (κ2) is 9.94. The van der Waals surface area contributed by atoms with Crippen molar-refractivity contribution < 1.29 is 0 Å². The van der Waals surface area contributed by atoms with Gasteiger partial charge >= 0.3 is 0 Å². The maximum Gasteiger partial charge on any atom is 0.191 e. The van der Waals surface area contributed by atoms with E-state index in [1.165, 1.54) is 11.1 Å². The molecule has 2 aromatic rings. The van der Waals surface area contributed by atoms with Gasteiger partial charge < -0.3 is 15.2 Å². The maximum absolute atomic E-state index is 4.33. The van der Waals surface area contributed by atoms with Crippen molar-refractivity contribution in [3.63, 3.8) is 0 Å². The van der Waals surface area contributed by atoms with E-state index in [1.807, 2.05) is 11.6 Å². The first-order valence-electron chi connectivity index (χ1n) is 9.41. The fourth-order valence-electron chi connectivity index (χ4n) is 2.78. The predicted molar refractivity (Wildman–Crippen MR) is 107 cm³/mol. The van der Waals surface area contributed by atoms with Crippen LogP contribution in [0.5, 0.6) is 0 Å². The topological polar surface area (TPSA) is 67.1 Å². The Labute approximate surface area is 157 Å². The molecule has 0 spiro atoms. The van der Waals surface area contributed by atoms with E-state index in [4.69, 9.17) is 0 Å². The van der Waals surface area contributed by atoms with Crippen LogP contribution in [-0.4, -0.2) is 40.9 Å². The third-order valence-electron chi connectivity index (χ3n) is 4.67. The molecule has 0 aliphatic heterocycles. The number of hydrogen-bond donors (Lipinski definition) is 2. The van der Waals surface area contributed by atoms with Gasteiger partial charge in [0.2, 0.25) is 0 Å². The van der Waals surface area contributed by atoms with Crippen LogP contribution in [0, 0.1) is 0 Å². The molecule has 0 saturated heterocycles. The molecule has 6 heteroatoms. The zero-order chi connectivity index (χ0) is 18.8. The van der Waals surface area contributed by atoms with Gasteiger partial charge in [-0.2, -0.15) is 0 Å². The monoisotopic (exact) mass is 356 g/mol. The van der Waals surface area contributed by atoms with Crippen LogP contribution in [0.25, 0.3) is 0 Å². The summed E-state index contributed by atoms with van der Waals surface area (Å²) >= 11 is 0. The Kier molecular flexibility index (Phi) is 7.63. The molecule has 2 rings (SSSR count). The van der Waals surface area contributed by atoms with Gasteiger partial charge in [-0.3, -0.25) is 4.99 Å². The fraction of sp³-hybridized carbons (Fsp3) is 0.550. The van der Waals surface area contributed by atoms with Crippen LogP contribution in [-0.2, 0) is 18.4 Å². The minimum absolute atomic E-state index is 0.0400. The van der Waals surface area contributed by atoms with E-state index < -0.39 is 0 Å². The second-order valence-electron chi connectivity index (χ2n) is 7.19. The lowest BCUT2D eigenvalue weighted by atomic mass is 9.84. The summed E-state index contributed by atoms with van der Waals surface area (Å²) in [5.74, 6) is 0.854. The summed E-state index contributed by atoms with van der Waals surface area (Å²) in [4.78, 5) is 4.33. The Balaban J connectivity index is 1.72. The van der Waals surface area contributed by atoms with Crippen LogP contribution in [0.3, 0.4) is 0 Å². The third kappa shape index (κ3) is 6.17. The van der Waals surface area contributed by atoms with Crippen LogP contribution in [0.15, 0.2) is 41.9 Å². The smallest absolute Gasteiger partial charge is 0.191 e. The molecule has 0 radical (unpaired) electrons. The molecular weight excluding hydrogens is 324 g/mol. The molecular formula is C20H32N6. The van der Waals surface area contributed by atoms with Gasteiger partial charge in [-0.1, -0.05) is 45.0 Å². The molecule has 26 heavy (non-hydrogen) atoms. The van der Waals surface area contributed by atoms with E-state index in [2.05, 4.69) is 70.9 Å². The normalized spacial score (nSPS) is 12.2. The molecule has 1 aromatic carbocycles. The number of unbranched alkanes of at least 4 members (excludes halogenated alkanes) is 1. The lowest BCUT2D eigenvalue weighted by Crippen LogP contribution is -2.43. The Morgan fingerprint density at radius 1 is 1.08 bits per heavy atom. The number of nitrogens with one attached hydrogen (secondary N) is 2. The van der Waals surface area contributed by atoms with Crippen molar-refractivity contribution in [3.05, 3.63) is 48.0 Å². The third-order valence-corrected chi connectivity index (χ3v) is 4.67. The quantitative estimate of drug-likeness (QED) is 0.412. The predicted octanol–water partition coefficient (Wildman–Crippen LogP) is 2.76. The highest BCUT2D eigenvalue weighted by molar-refractivity contribution is 5.79. The summed E-state index contributed by atoms with van der Waals surface area (Å²) in [6.07, 6.45) is 6.73. The van der Waals surface area contributed by atoms with Gasteiger partial charge in [-0.15, -0.1) is 10.2 Å². The van der Waals surface area contributed by atoms with E-state index in [0.29, 0.717) is 0 Å². The van der Waals surface area contributed by atoms with Gasteiger partial charge in [0.05, 0.1) is 0 Å². The lowest BCUT2D eigenvalue weighted by Gasteiger charge is -2.27. The molecule has 0 aliphatic rings. The van der Waals surface area contributed by atoms with Crippen molar-refractivity contribution in [2.24, 2.45) is 4.99 Å². The molecule has 6 nitrogen and oxygen atoms in total. The van der Waals surface area contributed by atoms with Gasteiger partial charge in [0.25, 0.3) is 0 Å². The Bertz CT molecular complexity index is 658. The first-order chi connectivity index (χ1) is 12.5. The Hall–Kier alpha value is -2.37. The van der Waals surface area contributed by atoms with Gasteiger partial charge in [-0.05, 0) is 30.4 Å². The molecule has 0 bridgehead atoms. The highest BCUT2D eigenvalue weighted by atomic mass is 15.2. The number of aryl methyl sites for hydroxylation is 2. The molecule has 0 unspecified atom stereocenters. The molecule has 1 aromatic heterocycles. The van der Waals surface area contributed by atoms with Crippen molar-refractivity contribution in [1.82, 2.24) is 25.4 Å². The Morgan fingerprint density at radius 2 is 1.77 bits per heavy atom. The molecule has 0 fully saturated rings. The number of aromatic nitrogens is 3. The van der Waals surface area contributed by atoms with Gasteiger partial charge in [0.1, 0.15) is 12.7 Å². The minimum Gasteiger partial charge on any atom is -0.356 e. The number of nitrogens with zero attached hydrogens (tertiary/aromatic N) is 4.